The molecule has 0 spiro atoms. The second kappa shape index (κ2) is 5.47. The second-order valence-corrected chi connectivity index (χ2v) is 4.46. The van der Waals surface area contributed by atoms with Gasteiger partial charge in [0.15, 0.2) is 0 Å². The lowest BCUT2D eigenvalue weighted by Crippen LogP contribution is -2.27. The number of halogens is 3. The molecule has 0 heterocycles. The number of hydrogen-bond acceptors (Lipinski definition) is 2. The molecule has 110 valence electrons. The van der Waals surface area contributed by atoms with Gasteiger partial charge in [0, 0.05) is 12.7 Å². The van der Waals surface area contributed by atoms with Crippen LogP contribution >= 0.6 is 0 Å². The van der Waals surface area contributed by atoms with E-state index in [9.17, 15) is 18.0 Å². The lowest BCUT2D eigenvalue weighted by molar-refractivity contribution is -0.136. The van der Waals surface area contributed by atoms with E-state index >= 15 is 0 Å². The average molecular weight is 294 g/mol. The standard InChI is InChI=1S/C15H13F3N2O/c1-20(10-6-3-2-4-7-10)14(21)11-8-5-9-12(13(11)19)15(16,17)18/h2-9H,19H2,1H3. The summed E-state index contributed by atoms with van der Waals surface area (Å²) < 4.78 is 38.4. The van der Waals surface area contributed by atoms with E-state index in [-0.39, 0.29) is 5.56 Å². The van der Waals surface area contributed by atoms with Gasteiger partial charge in [0.05, 0.1) is 16.8 Å². The number of carbonyl (C=O) groups is 1. The zero-order valence-corrected chi connectivity index (χ0v) is 11.2. The zero-order valence-electron chi connectivity index (χ0n) is 11.2. The van der Waals surface area contributed by atoms with Crippen LogP contribution in [-0.4, -0.2) is 13.0 Å². The first kappa shape index (κ1) is 14.9. The van der Waals surface area contributed by atoms with Gasteiger partial charge in [0.2, 0.25) is 0 Å². The van der Waals surface area contributed by atoms with Gasteiger partial charge in [-0.05, 0) is 24.3 Å². The summed E-state index contributed by atoms with van der Waals surface area (Å²) in [6.07, 6.45) is -4.59. The largest absolute Gasteiger partial charge is 0.418 e. The number of benzene rings is 2. The third-order valence-corrected chi connectivity index (χ3v) is 3.09. The first-order valence-electron chi connectivity index (χ1n) is 6.11. The maximum absolute atomic E-state index is 12.8. The van der Waals surface area contributed by atoms with Crippen LogP contribution < -0.4 is 10.6 Å². The monoisotopic (exact) mass is 294 g/mol. The van der Waals surface area contributed by atoms with Crippen LogP contribution in [0.5, 0.6) is 0 Å². The summed E-state index contributed by atoms with van der Waals surface area (Å²) in [5, 5.41) is 0. The van der Waals surface area contributed by atoms with Crippen molar-refractivity contribution in [1.29, 1.82) is 0 Å². The Morgan fingerprint density at radius 2 is 1.67 bits per heavy atom. The molecule has 0 fully saturated rings. The molecular formula is C15H13F3N2O. The quantitative estimate of drug-likeness (QED) is 0.861. The highest BCUT2D eigenvalue weighted by Crippen LogP contribution is 2.35. The number of amides is 1. The molecule has 0 bridgehead atoms. The van der Waals surface area contributed by atoms with Gasteiger partial charge in [-0.15, -0.1) is 0 Å². The maximum Gasteiger partial charge on any atom is 0.418 e. The normalized spacial score (nSPS) is 11.2. The maximum atomic E-state index is 12.8. The molecule has 0 unspecified atom stereocenters. The highest BCUT2D eigenvalue weighted by atomic mass is 19.4. The van der Waals surface area contributed by atoms with Crippen molar-refractivity contribution in [2.75, 3.05) is 17.7 Å². The Balaban J connectivity index is 2.41. The van der Waals surface area contributed by atoms with Crippen LogP contribution in [0.2, 0.25) is 0 Å². The molecule has 2 N–H and O–H groups in total. The van der Waals surface area contributed by atoms with Crippen LogP contribution in [0.25, 0.3) is 0 Å². The number of nitrogens with zero attached hydrogens (tertiary/aromatic N) is 1. The Labute approximate surface area is 119 Å². The number of hydrogen-bond donors (Lipinski definition) is 1. The highest BCUT2D eigenvalue weighted by Gasteiger charge is 2.34. The number of rotatable bonds is 2. The lowest BCUT2D eigenvalue weighted by Gasteiger charge is -2.19. The number of carbonyl (C=O) groups excluding carboxylic acids is 1. The molecule has 2 aromatic carbocycles. The fourth-order valence-electron chi connectivity index (χ4n) is 1.95. The first-order valence-corrected chi connectivity index (χ1v) is 6.11. The van der Waals surface area contributed by atoms with Crippen molar-refractivity contribution >= 4 is 17.3 Å². The fraction of sp³-hybridized carbons (Fsp3) is 0.133. The Morgan fingerprint density at radius 1 is 1.05 bits per heavy atom. The van der Waals surface area contributed by atoms with E-state index in [0.29, 0.717) is 5.69 Å². The van der Waals surface area contributed by atoms with Gasteiger partial charge in [0.1, 0.15) is 0 Å². The summed E-state index contributed by atoms with van der Waals surface area (Å²) >= 11 is 0. The van der Waals surface area contributed by atoms with Gasteiger partial charge in [-0.2, -0.15) is 13.2 Å². The van der Waals surface area contributed by atoms with Crippen molar-refractivity contribution in [3.8, 4) is 0 Å². The van der Waals surface area contributed by atoms with Gasteiger partial charge in [-0.1, -0.05) is 24.3 Å². The molecular weight excluding hydrogens is 281 g/mol. The average Bonchev–Trinajstić information content (AvgIpc) is 2.45. The molecule has 3 nitrogen and oxygen atoms in total. The summed E-state index contributed by atoms with van der Waals surface area (Å²) in [7, 11) is 1.48. The van der Waals surface area contributed by atoms with Crippen molar-refractivity contribution < 1.29 is 18.0 Å². The van der Waals surface area contributed by atoms with Gasteiger partial charge in [-0.25, -0.2) is 0 Å². The zero-order chi connectivity index (χ0) is 15.6. The Hall–Kier alpha value is -2.50. The van der Waals surface area contributed by atoms with Crippen molar-refractivity contribution in [3.05, 3.63) is 59.7 Å². The van der Waals surface area contributed by atoms with E-state index in [1.165, 1.54) is 24.1 Å². The smallest absolute Gasteiger partial charge is 0.398 e. The molecule has 0 aliphatic heterocycles. The number of para-hydroxylation sites is 2. The molecule has 0 radical (unpaired) electrons. The third-order valence-electron chi connectivity index (χ3n) is 3.09. The molecule has 0 saturated heterocycles. The molecule has 21 heavy (non-hydrogen) atoms. The van der Waals surface area contributed by atoms with Crippen LogP contribution in [0, 0.1) is 0 Å². The predicted octanol–water partition coefficient (Wildman–Crippen LogP) is 3.56. The summed E-state index contributed by atoms with van der Waals surface area (Å²) in [5.74, 6) is -0.593. The molecule has 0 atom stereocenters. The molecule has 2 rings (SSSR count). The van der Waals surface area contributed by atoms with E-state index in [2.05, 4.69) is 0 Å². The summed E-state index contributed by atoms with van der Waals surface area (Å²) in [6, 6.07) is 11.9. The number of alkyl halides is 3. The van der Waals surface area contributed by atoms with Crippen molar-refractivity contribution in [1.82, 2.24) is 0 Å². The molecule has 2 aromatic rings. The van der Waals surface area contributed by atoms with Crippen molar-refractivity contribution in [2.45, 2.75) is 6.18 Å². The topological polar surface area (TPSA) is 46.3 Å². The molecule has 0 aliphatic rings. The van der Waals surface area contributed by atoms with Crippen molar-refractivity contribution in [2.24, 2.45) is 0 Å². The fourth-order valence-corrected chi connectivity index (χ4v) is 1.95. The van der Waals surface area contributed by atoms with Crippen LogP contribution in [0.4, 0.5) is 24.5 Å². The van der Waals surface area contributed by atoms with Gasteiger partial charge >= 0.3 is 6.18 Å². The van der Waals surface area contributed by atoms with E-state index in [1.54, 1.807) is 30.3 Å². The predicted molar refractivity (Wildman–Crippen MR) is 75.0 cm³/mol. The van der Waals surface area contributed by atoms with Crippen LogP contribution in [0.1, 0.15) is 15.9 Å². The number of anilines is 2. The molecule has 1 amide bonds. The SMILES string of the molecule is CN(C(=O)c1cccc(C(F)(F)F)c1N)c1ccccc1. The Bertz CT molecular complexity index is 654. The van der Waals surface area contributed by atoms with Crippen LogP contribution in [0.15, 0.2) is 48.5 Å². The second-order valence-electron chi connectivity index (χ2n) is 4.46. The van der Waals surface area contributed by atoms with E-state index in [4.69, 9.17) is 5.73 Å². The third kappa shape index (κ3) is 2.99. The van der Waals surface area contributed by atoms with Crippen molar-refractivity contribution in [3.63, 3.8) is 0 Å². The minimum absolute atomic E-state index is 0.170. The molecule has 0 aliphatic carbocycles. The van der Waals surface area contributed by atoms with E-state index < -0.39 is 23.3 Å². The minimum atomic E-state index is -4.59. The summed E-state index contributed by atoms with van der Waals surface area (Å²) in [6.45, 7) is 0. The Kier molecular flexibility index (Phi) is 3.88. The number of nitrogen functional groups attached to an aromatic ring is 1. The minimum Gasteiger partial charge on any atom is -0.398 e. The summed E-state index contributed by atoms with van der Waals surface area (Å²) in [5.41, 5.74) is 4.35. The van der Waals surface area contributed by atoms with Gasteiger partial charge < -0.3 is 10.6 Å². The van der Waals surface area contributed by atoms with E-state index in [1.807, 2.05) is 0 Å². The molecule has 0 aromatic heterocycles. The van der Waals surface area contributed by atoms with Gasteiger partial charge in [-0.3, -0.25) is 4.79 Å². The summed E-state index contributed by atoms with van der Waals surface area (Å²) in [4.78, 5) is 13.6. The first-order chi connectivity index (χ1) is 9.82. The molecule has 0 saturated carbocycles. The van der Waals surface area contributed by atoms with E-state index in [0.717, 1.165) is 6.07 Å². The number of nitrogens with two attached hydrogens (primary N) is 1. The Morgan fingerprint density at radius 3 is 2.24 bits per heavy atom. The molecule has 6 heteroatoms. The van der Waals surface area contributed by atoms with Gasteiger partial charge in [0.25, 0.3) is 5.91 Å². The van der Waals surface area contributed by atoms with Crippen LogP contribution in [-0.2, 0) is 6.18 Å². The van der Waals surface area contributed by atoms with Crippen LogP contribution in [0.3, 0.4) is 0 Å². The highest BCUT2D eigenvalue weighted by molar-refractivity contribution is 6.09. The lowest BCUT2D eigenvalue weighted by atomic mass is 10.1.